The van der Waals surface area contributed by atoms with Crippen molar-refractivity contribution < 1.29 is 17.7 Å². The minimum absolute atomic E-state index is 0.0721. The summed E-state index contributed by atoms with van der Waals surface area (Å²) in [6, 6.07) is 16.4. The number of anilines is 1. The molecule has 0 spiro atoms. The summed E-state index contributed by atoms with van der Waals surface area (Å²) in [7, 11) is -1.89. The fourth-order valence-electron chi connectivity index (χ4n) is 4.12. The number of benzene rings is 3. The van der Waals surface area contributed by atoms with E-state index < -0.39 is 16.8 Å². The summed E-state index contributed by atoms with van der Waals surface area (Å²) in [5.41, 5.74) is 2.81. The van der Waals surface area contributed by atoms with Crippen LogP contribution in [0.1, 0.15) is 24.8 Å². The molecule has 3 aromatic carbocycles. The molecule has 1 aromatic heterocycles. The van der Waals surface area contributed by atoms with Gasteiger partial charge >= 0.3 is 0 Å². The van der Waals surface area contributed by atoms with E-state index in [1.165, 1.54) is 35.6 Å². The van der Waals surface area contributed by atoms with Gasteiger partial charge in [0.2, 0.25) is 0 Å². The molecule has 4 aromatic rings. The molecular formula is C26H21ClF2N2O2S2. The molecule has 0 bridgehead atoms. The maximum absolute atomic E-state index is 14.9. The van der Waals surface area contributed by atoms with Gasteiger partial charge in [0.05, 0.1) is 26.7 Å². The van der Waals surface area contributed by atoms with E-state index in [-0.39, 0.29) is 27.4 Å². The zero-order chi connectivity index (χ0) is 24.4. The van der Waals surface area contributed by atoms with Crippen LogP contribution >= 0.6 is 22.9 Å². The van der Waals surface area contributed by atoms with Gasteiger partial charge in [-0.2, -0.15) is 0 Å². The van der Waals surface area contributed by atoms with Crippen LogP contribution in [0.2, 0.25) is 5.02 Å². The average molecular weight is 531 g/mol. The molecule has 1 aliphatic rings. The van der Waals surface area contributed by atoms with Gasteiger partial charge in [0.25, 0.3) is 0 Å². The van der Waals surface area contributed by atoms with Gasteiger partial charge in [-0.05, 0) is 60.7 Å². The Morgan fingerprint density at radius 2 is 1.94 bits per heavy atom. The third kappa shape index (κ3) is 5.39. The van der Waals surface area contributed by atoms with Gasteiger partial charge in [-0.3, -0.25) is 4.72 Å². The van der Waals surface area contributed by atoms with E-state index in [0.717, 1.165) is 40.6 Å². The molecule has 35 heavy (non-hydrogen) atoms. The van der Waals surface area contributed by atoms with Gasteiger partial charge in [-0.25, -0.2) is 18.0 Å². The molecule has 9 heteroatoms. The van der Waals surface area contributed by atoms with Crippen molar-refractivity contribution in [2.45, 2.75) is 24.2 Å². The molecule has 1 heterocycles. The quantitative estimate of drug-likeness (QED) is 0.267. The molecule has 0 saturated carbocycles. The molecule has 0 fully saturated rings. The minimum atomic E-state index is -1.89. The van der Waals surface area contributed by atoms with Crippen LogP contribution in [0.4, 0.5) is 13.9 Å². The number of para-hydroxylation sites is 1. The monoisotopic (exact) mass is 530 g/mol. The SMILES string of the molecule is O=S(Nc1nc2ccccc2s1)c1cc(Cl)c(OCC2CCCC=C2c2ccc(F)cc2)cc1F. The number of nitrogens with one attached hydrogen (secondary N) is 1. The second kappa shape index (κ2) is 10.4. The first-order chi connectivity index (χ1) is 17.0. The molecule has 180 valence electrons. The largest absolute Gasteiger partial charge is 0.491 e. The second-order valence-corrected chi connectivity index (χ2v) is 10.8. The van der Waals surface area contributed by atoms with Crippen LogP contribution in [0, 0.1) is 17.6 Å². The van der Waals surface area contributed by atoms with E-state index in [1.54, 1.807) is 12.1 Å². The Hall–Kier alpha value is -2.81. The lowest BCUT2D eigenvalue weighted by Gasteiger charge is -2.25. The highest BCUT2D eigenvalue weighted by Gasteiger charge is 2.22. The number of nitrogens with zero attached hydrogens (tertiary/aromatic N) is 1. The van der Waals surface area contributed by atoms with E-state index in [1.807, 2.05) is 24.3 Å². The maximum atomic E-state index is 14.9. The molecule has 0 aliphatic heterocycles. The molecule has 1 N–H and O–H groups in total. The number of ether oxygens (including phenoxy) is 1. The second-order valence-electron chi connectivity index (χ2n) is 8.18. The minimum Gasteiger partial charge on any atom is -0.491 e. The summed E-state index contributed by atoms with van der Waals surface area (Å²) in [6.45, 7) is 0.300. The molecule has 1 aliphatic carbocycles. The van der Waals surface area contributed by atoms with Crippen molar-refractivity contribution in [2.24, 2.45) is 5.92 Å². The normalized spacial score (nSPS) is 16.7. The van der Waals surface area contributed by atoms with Crippen molar-refractivity contribution >= 4 is 54.8 Å². The van der Waals surface area contributed by atoms with Crippen molar-refractivity contribution in [1.82, 2.24) is 4.98 Å². The Labute approximate surface area is 213 Å². The van der Waals surface area contributed by atoms with E-state index in [0.29, 0.717) is 11.7 Å². The van der Waals surface area contributed by atoms with E-state index in [9.17, 15) is 13.0 Å². The summed E-state index contributed by atoms with van der Waals surface area (Å²) >= 11 is 7.71. The average Bonchev–Trinajstić information content (AvgIpc) is 3.27. The summed E-state index contributed by atoms with van der Waals surface area (Å²) < 4.78 is 50.6. The van der Waals surface area contributed by atoms with Crippen LogP contribution in [0.25, 0.3) is 15.8 Å². The first-order valence-corrected chi connectivity index (χ1v) is 13.4. The zero-order valence-electron chi connectivity index (χ0n) is 18.5. The molecule has 5 rings (SSSR count). The molecule has 0 saturated heterocycles. The predicted octanol–water partition coefficient (Wildman–Crippen LogP) is 7.63. The number of fused-ring (bicyclic) bond motifs is 1. The summed E-state index contributed by atoms with van der Waals surface area (Å²) in [4.78, 5) is 4.30. The van der Waals surface area contributed by atoms with E-state index in [4.69, 9.17) is 16.3 Å². The fourth-order valence-corrected chi connectivity index (χ4v) is 6.29. The number of hydrogen-bond acceptors (Lipinski definition) is 4. The highest BCUT2D eigenvalue weighted by atomic mass is 35.5. The molecule has 2 unspecified atom stereocenters. The van der Waals surface area contributed by atoms with Gasteiger partial charge in [-0.1, -0.05) is 53.3 Å². The van der Waals surface area contributed by atoms with Crippen LogP contribution in [-0.2, 0) is 11.0 Å². The standard InChI is InChI=1S/C26H21ClF2N2O2S2/c27-20-13-25(35(32)31-26-30-22-7-3-4-8-24(22)34-26)21(29)14-23(20)33-15-17-5-1-2-6-19(17)16-9-11-18(28)12-10-16/h3-4,6-14,17H,1-2,5,15H2,(H,30,31). The first kappa shape index (κ1) is 23.9. The number of hydrogen-bond donors (Lipinski definition) is 1. The third-order valence-corrected chi connectivity index (χ3v) is 8.31. The number of allylic oxidation sites excluding steroid dienone is 1. The zero-order valence-corrected chi connectivity index (χ0v) is 20.9. The van der Waals surface area contributed by atoms with E-state index >= 15 is 0 Å². The number of aromatic nitrogens is 1. The fraction of sp³-hybridized carbons (Fsp3) is 0.192. The van der Waals surface area contributed by atoms with Crippen LogP contribution in [0.15, 0.2) is 71.6 Å². The molecule has 2 atom stereocenters. The van der Waals surface area contributed by atoms with Crippen LogP contribution in [0.5, 0.6) is 5.75 Å². The Morgan fingerprint density at radius 1 is 1.14 bits per heavy atom. The Balaban J connectivity index is 1.29. The Bertz CT molecular complexity index is 1390. The van der Waals surface area contributed by atoms with Crippen molar-refractivity contribution in [3.8, 4) is 5.75 Å². The lowest BCUT2D eigenvalue weighted by molar-refractivity contribution is 0.267. The highest BCUT2D eigenvalue weighted by Crippen LogP contribution is 2.36. The number of thiazole rings is 1. The van der Waals surface area contributed by atoms with Crippen molar-refractivity contribution in [3.05, 3.63) is 89.0 Å². The van der Waals surface area contributed by atoms with Crippen LogP contribution < -0.4 is 9.46 Å². The molecule has 4 nitrogen and oxygen atoms in total. The van der Waals surface area contributed by atoms with Gasteiger partial charge < -0.3 is 4.74 Å². The van der Waals surface area contributed by atoms with Gasteiger partial charge in [0.1, 0.15) is 17.4 Å². The third-order valence-electron chi connectivity index (χ3n) is 5.84. The van der Waals surface area contributed by atoms with Crippen molar-refractivity contribution in [3.63, 3.8) is 0 Å². The maximum Gasteiger partial charge on any atom is 0.196 e. The van der Waals surface area contributed by atoms with Crippen LogP contribution in [-0.4, -0.2) is 15.8 Å². The highest BCUT2D eigenvalue weighted by molar-refractivity contribution is 7.86. The Morgan fingerprint density at radius 3 is 2.74 bits per heavy atom. The Kier molecular flexibility index (Phi) is 7.13. The smallest absolute Gasteiger partial charge is 0.196 e. The topological polar surface area (TPSA) is 51.2 Å². The summed E-state index contributed by atoms with van der Waals surface area (Å²) in [5.74, 6) is -0.707. The van der Waals surface area contributed by atoms with Gasteiger partial charge in [0, 0.05) is 12.0 Å². The van der Waals surface area contributed by atoms with Gasteiger partial charge in [-0.15, -0.1) is 0 Å². The molecular weight excluding hydrogens is 510 g/mol. The number of halogens is 3. The number of rotatable bonds is 7. The van der Waals surface area contributed by atoms with E-state index in [2.05, 4.69) is 15.8 Å². The van der Waals surface area contributed by atoms with Crippen molar-refractivity contribution in [1.29, 1.82) is 0 Å². The summed E-state index contributed by atoms with van der Waals surface area (Å²) in [5, 5.41) is 0.599. The lowest BCUT2D eigenvalue weighted by Crippen LogP contribution is -2.17. The predicted molar refractivity (Wildman–Crippen MR) is 138 cm³/mol. The van der Waals surface area contributed by atoms with Crippen LogP contribution in [0.3, 0.4) is 0 Å². The van der Waals surface area contributed by atoms with Gasteiger partial charge in [0.15, 0.2) is 16.1 Å². The molecule has 0 radical (unpaired) electrons. The lowest BCUT2D eigenvalue weighted by atomic mass is 9.84. The summed E-state index contributed by atoms with van der Waals surface area (Å²) in [6.07, 6.45) is 5.00. The molecule has 0 amide bonds. The van der Waals surface area contributed by atoms with Crippen molar-refractivity contribution in [2.75, 3.05) is 11.3 Å². The first-order valence-electron chi connectivity index (χ1n) is 11.1.